The van der Waals surface area contributed by atoms with Gasteiger partial charge in [0.05, 0.1) is 7.11 Å². The molecule has 1 atom stereocenters. The summed E-state index contributed by atoms with van der Waals surface area (Å²) in [5.74, 6) is 1.19. The van der Waals surface area contributed by atoms with E-state index >= 15 is 0 Å². The molecule has 0 spiro atoms. The summed E-state index contributed by atoms with van der Waals surface area (Å²) in [6.45, 7) is 2.09. The van der Waals surface area contributed by atoms with Crippen molar-refractivity contribution in [2.24, 2.45) is 0 Å². The largest absolute Gasteiger partial charge is 0.497 e. The Labute approximate surface area is 140 Å². The Hall–Kier alpha value is -1.07. The topological polar surface area (TPSA) is 46.6 Å². The van der Waals surface area contributed by atoms with E-state index in [0.29, 0.717) is 11.8 Å². The molecule has 0 bridgehead atoms. The molecule has 0 unspecified atom stereocenters. The van der Waals surface area contributed by atoms with E-state index in [4.69, 9.17) is 4.74 Å². The van der Waals surface area contributed by atoms with Crippen molar-refractivity contribution in [2.45, 2.75) is 44.6 Å². The van der Waals surface area contributed by atoms with Crippen LogP contribution in [0.3, 0.4) is 0 Å². The molecular formula is C18H29NO3S. The molecule has 1 saturated heterocycles. The van der Waals surface area contributed by atoms with Crippen molar-refractivity contribution in [3.8, 4) is 5.75 Å². The van der Waals surface area contributed by atoms with Crippen LogP contribution in [0.15, 0.2) is 24.3 Å². The van der Waals surface area contributed by atoms with Crippen molar-refractivity contribution >= 4 is 9.84 Å². The van der Waals surface area contributed by atoms with Gasteiger partial charge in [0.1, 0.15) is 15.6 Å². The molecule has 0 radical (unpaired) electrons. The lowest BCUT2D eigenvalue weighted by molar-refractivity contribution is 0.198. The van der Waals surface area contributed by atoms with Gasteiger partial charge < -0.3 is 4.74 Å². The fourth-order valence-corrected chi connectivity index (χ4v) is 4.05. The summed E-state index contributed by atoms with van der Waals surface area (Å²) in [5, 5.41) is 0. The number of hydrogen-bond donors (Lipinski definition) is 0. The minimum Gasteiger partial charge on any atom is -0.497 e. The highest BCUT2D eigenvalue weighted by Gasteiger charge is 2.22. The monoisotopic (exact) mass is 339 g/mol. The van der Waals surface area contributed by atoms with Crippen LogP contribution in [0, 0.1) is 0 Å². The van der Waals surface area contributed by atoms with E-state index in [0.717, 1.165) is 31.7 Å². The first-order valence-electron chi connectivity index (χ1n) is 8.55. The van der Waals surface area contributed by atoms with Crippen LogP contribution in [0.25, 0.3) is 0 Å². The van der Waals surface area contributed by atoms with Crippen molar-refractivity contribution in [1.82, 2.24) is 4.90 Å². The van der Waals surface area contributed by atoms with Crippen molar-refractivity contribution < 1.29 is 13.2 Å². The average Bonchev–Trinajstić information content (AvgIpc) is 2.76. The maximum atomic E-state index is 11.3. The zero-order chi connectivity index (χ0) is 16.7. The van der Waals surface area contributed by atoms with Gasteiger partial charge in [0.2, 0.25) is 0 Å². The number of likely N-dealkylation sites (tertiary alicyclic amines) is 1. The minimum atomic E-state index is -2.84. The van der Waals surface area contributed by atoms with Gasteiger partial charge in [-0.3, -0.25) is 4.90 Å². The standard InChI is InChI=1S/C18H29NO3S/c1-22-17-11-9-16(10-12-17)18-8-4-3-5-13-19(18)14-6-7-15-23(2,20)21/h9-12,18H,3-8,13-15H2,1-2H3/t18-/m1/s1. The second-order valence-corrected chi connectivity index (χ2v) is 8.77. The van der Waals surface area contributed by atoms with E-state index in [2.05, 4.69) is 17.0 Å². The number of hydrogen-bond acceptors (Lipinski definition) is 4. The van der Waals surface area contributed by atoms with Gasteiger partial charge in [-0.15, -0.1) is 0 Å². The van der Waals surface area contributed by atoms with E-state index in [1.807, 2.05) is 12.1 Å². The predicted octanol–water partition coefficient (Wildman–Crippen LogP) is 3.44. The van der Waals surface area contributed by atoms with Crippen LogP contribution in [-0.4, -0.2) is 45.5 Å². The Morgan fingerprint density at radius 1 is 1.13 bits per heavy atom. The summed E-state index contributed by atoms with van der Waals surface area (Å²) in [6.07, 6.45) is 7.98. The molecule has 5 heteroatoms. The van der Waals surface area contributed by atoms with Gasteiger partial charge in [-0.2, -0.15) is 0 Å². The lowest BCUT2D eigenvalue weighted by atomic mass is 10.0. The number of benzene rings is 1. The Kier molecular flexibility index (Phi) is 6.90. The molecule has 1 heterocycles. The fourth-order valence-electron chi connectivity index (χ4n) is 3.32. The Balaban J connectivity index is 1.98. The van der Waals surface area contributed by atoms with Crippen molar-refractivity contribution in [1.29, 1.82) is 0 Å². The van der Waals surface area contributed by atoms with E-state index in [-0.39, 0.29) is 0 Å². The zero-order valence-electron chi connectivity index (χ0n) is 14.3. The Morgan fingerprint density at radius 2 is 1.87 bits per heavy atom. The first kappa shape index (κ1) is 18.3. The molecule has 1 aromatic carbocycles. The highest BCUT2D eigenvalue weighted by atomic mass is 32.2. The number of nitrogens with zero attached hydrogens (tertiary/aromatic N) is 1. The lowest BCUT2D eigenvalue weighted by Gasteiger charge is -2.30. The molecule has 1 fully saturated rings. The SMILES string of the molecule is COc1ccc([C@H]2CCCCCN2CCCCS(C)(=O)=O)cc1. The summed E-state index contributed by atoms with van der Waals surface area (Å²) in [4.78, 5) is 2.54. The van der Waals surface area contributed by atoms with E-state index in [1.165, 1.54) is 37.5 Å². The zero-order valence-corrected chi connectivity index (χ0v) is 15.1. The van der Waals surface area contributed by atoms with Gasteiger partial charge in [-0.05, 0) is 56.5 Å². The molecule has 0 saturated carbocycles. The van der Waals surface area contributed by atoms with Gasteiger partial charge in [-0.25, -0.2) is 8.42 Å². The van der Waals surface area contributed by atoms with Crippen LogP contribution < -0.4 is 4.74 Å². The van der Waals surface area contributed by atoms with Crippen LogP contribution in [0.5, 0.6) is 5.75 Å². The molecular weight excluding hydrogens is 310 g/mol. The summed E-state index contributed by atoms with van der Waals surface area (Å²) >= 11 is 0. The molecule has 0 aromatic heterocycles. The first-order valence-corrected chi connectivity index (χ1v) is 10.6. The molecule has 1 aliphatic heterocycles. The van der Waals surface area contributed by atoms with Crippen LogP contribution in [0.2, 0.25) is 0 Å². The second-order valence-electron chi connectivity index (χ2n) is 6.51. The highest BCUT2D eigenvalue weighted by molar-refractivity contribution is 7.90. The van der Waals surface area contributed by atoms with Crippen LogP contribution in [0.4, 0.5) is 0 Å². The minimum absolute atomic E-state index is 0.300. The number of methoxy groups -OCH3 is 1. The maximum absolute atomic E-state index is 11.3. The maximum Gasteiger partial charge on any atom is 0.147 e. The normalized spacial score (nSPS) is 20.2. The van der Waals surface area contributed by atoms with Crippen LogP contribution in [-0.2, 0) is 9.84 Å². The first-order chi connectivity index (χ1) is 11.0. The summed E-state index contributed by atoms with van der Waals surface area (Å²) in [7, 11) is -1.15. The van der Waals surface area contributed by atoms with Gasteiger partial charge in [0, 0.05) is 18.1 Å². The van der Waals surface area contributed by atoms with Gasteiger partial charge in [0.15, 0.2) is 0 Å². The van der Waals surface area contributed by atoms with Crippen LogP contribution >= 0.6 is 0 Å². The molecule has 1 aliphatic rings. The summed E-state index contributed by atoms with van der Waals surface area (Å²) < 4.78 is 27.8. The molecule has 0 amide bonds. The lowest BCUT2D eigenvalue weighted by Crippen LogP contribution is -2.30. The van der Waals surface area contributed by atoms with Crippen molar-refractivity contribution in [3.05, 3.63) is 29.8 Å². The number of rotatable bonds is 7. The van der Waals surface area contributed by atoms with Gasteiger partial charge in [-0.1, -0.05) is 25.0 Å². The third-order valence-corrected chi connectivity index (χ3v) is 5.60. The smallest absolute Gasteiger partial charge is 0.147 e. The third-order valence-electron chi connectivity index (χ3n) is 4.57. The van der Waals surface area contributed by atoms with E-state index in [9.17, 15) is 8.42 Å². The number of ether oxygens (including phenoxy) is 1. The average molecular weight is 340 g/mol. The molecule has 0 N–H and O–H groups in total. The fraction of sp³-hybridized carbons (Fsp3) is 0.667. The number of sulfone groups is 1. The molecule has 23 heavy (non-hydrogen) atoms. The third kappa shape index (κ3) is 6.15. The molecule has 130 valence electrons. The summed E-state index contributed by atoms with van der Waals surface area (Å²) in [6, 6.07) is 8.84. The van der Waals surface area contributed by atoms with Crippen LogP contribution in [0.1, 0.15) is 50.1 Å². The van der Waals surface area contributed by atoms with Gasteiger partial charge in [0.25, 0.3) is 0 Å². The second kappa shape index (κ2) is 8.69. The molecule has 4 nitrogen and oxygen atoms in total. The van der Waals surface area contributed by atoms with E-state index in [1.54, 1.807) is 7.11 Å². The van der Waals surface area contributed by atoms with Gasteiger partial charge >= 0.3 is 0 Å². The van der Waals surface area contributed by atoms with Crippen molar-refractivity contribution in [3.63, 3.8) is 0 Å². The highest BCUT2D eigenvalue weighted by Crippen LogP contribution is 2.31. The Bertz CT molecular complexity index is 568. The molecule has 1 aromatic rings. The molecule has 0 aliphatic carbocycles. The van der Waals surface area contributed by atoms with E-state index < -0.39 is 9.84 Å². The predicted molar refractivity (Wildman–Crippen MR) is 94.7 cm³/mol. The van der Waals surface area contributed by atoms with Crippen molar-refractivity contribution in [2.75, 3.05) is 32.2 Å². The number of unbranched alkanes of at least 4 members (excludes halogenated alkanes) is 1. The quantitative estimate of drug-likeness (QED) is 0.714. The summed E-state index contributed by atoms with van der Waals surface area (Å²) in [5.41, 5.74) is 1.34. The Morgan fingerprint density at radius 3 is 2.52 bits per heavy atom. The molecule has 2 rings (SSSR count).